The van der Waals surface area contributed by atoms with Crippen molar-refractivity contribution < 1.29 is 9.59 Å². The molecule has 3 aromatic carbocycles. The first-order valence-corrected chi connectivity index (χ1v) is 9.62. The summed E-state index contributed by atoms with van der Waals surface area (Å²) in [6.45, 7) is 7.54. The first kappa shape index (κ1) is 20.9. The van der Waals surface area contributed by atoms with E-state index in [0.717, 1.165) is 22.3 Å². The number of amides is 2. The summed E-state index contributed by atoms with van der Waals surface area (Å²) in [6.07, 6.45) is 0. The zero-order chi connectivity index (χ0) is 22.0. The molecule has 0 aliphatic heterocycles. The highest BCUT2D eigenvalue weighted by atomic mass is 16.2. The van der Waals surface area contributed by atoms with Gasteiger partial charge >= 0.3 is 0 Å². The molecule has 0 radical (unpaired) electrons. The number of carbonyl (C=O) groups excluding carboxylic acids is 2. The summed E-state index contributed by atoms with van der Waals surface area (Å²) in [5, 5.41) is 5.72. The molecule has 0 heterocycles. The van der Waals surface area contributed by atoms with Crippen molar-refractivity contribution in [3.8, 4) is 0 Å². The van der Waals surface area contributed by atoms with Crippen LogP contribution in [-0.4, -0.2) is 11.8 Å². The molecule has 0 saturated heterocycles. The molecule has 154 valence electrons. The first-order valence-electron chi connectivity index (χ1n) is 9.62. The SMILES string of the molecule is Cc1cc(NC(=O)c2ccccc2C(=O)Nc2cc(C)c(N)c(C)c2)cc(C)c1N. The van der Waals surface area contributed by atoms with Gasteiger partial charge in [0.15, 0.2) is 0 Å². The van der Waals surface area contributed by atoms with Crippen LogP contribution in [0.3, 0.4) is 0 Å². The van der Waals surface area contributed by atoms with Gasteiger partial charge in [-0.1, -0.05) is 12.1 Å². The molecule has 6 heteroatoms. The zero-order valence-corrected chi connectivity index (χ0v) is 17.6. The summed E-state index contributed by atoms with van der Waals surface area (Å²) in [5.74, 6) is -0.733. The summed E-state index contributed by atoms with van der Waals surface area (Å²) in [5.41, 5.74) is 18.7. The third-order valence-electron chi connectivity index (χ3n) is 5.12. The Balaban J connectivity index is 1.86. The van der Waals surface area contributed by atoms with Crippen molar-refractivity contribution in [3.63, 3.8) is 0 Å². The lowest BCUT2D eigenvalue weighted by atomic mass is 10.0. The molecule has 0 saturated carbocycles. The topological polar surface area (TPSA) is 110 Å². The van der Waals surface area contributed by atoms with E-state index < -0.39 is 0 Å². The minimum atomic E-state index is -0.367. The molecule has 6 nitrogen and oxygen atoms in total. The summed E-state index contributed by atoms with van der Waals surface area (Å²) in [6, 6.07) is 13.9. The Morgan fingerprint density at radius 1 is 0.633 bits per heavy atom. The molecule has 0 bridgehead atoms. The second kappa shape index (κ2) is 8.29. The van der Waals surface area contributed by atoms with E-state index >= 15 is 0 Å². The predicted molar refractivity (Wildman–Crippen MR) is 123 cm³/mol. The second-order valence-electron chi connectivity index (χ2n) is 7.50. The third kappa shape index (κ3) is 4.27. The Bertz CT molecular complexity index is 1020. The van der Waals surface area contributed by atoms with Gasteiger partial charge in [-0.3, -0.25) is 9.59 Å². The molecule has 3 aromatic rings. The second-order valence-corrected chi connectivity index (χ2v) is 7.50. The van der Waals surface area contributed by atoms with Crippen LogP contribution in [0.25, 0.3) is 0 Å². The van der Waals surface area contributed by atoms with E-state index in [1.165, 1.54) is 0 Å². The average molecular weight is 402 g/mol. The van der Waals surface area contributed by atoms with Crippen molar-refractivity contribution in [3.05, 3.63) is 81.9 Å². The number of aryl methyl sites for hydroxylation is 4. The van der Waals surface area contributed by atoms with Crippen LogP contribution in [0.1, 0.15) is 43.0 Å². The van der Waals surface area contributed by atoms with Crippen LogP contribution in [0, 0.1) is 27.7 Å². The van der Waals surface area contributed by atoms with E-state index in [-0.39, 0.29) is 22.9 Å². The molecule has 30 heavy (non-hydrogen) atoms. The highest BCUT2D eigenvalue weighted by Crippen LogP contribution is 2.24. The van der Waals surface area contributed by atoms with Crippen LogP contribution in [0.15, 0.2) is 48.5 Å². The molecular weight excluding hydrogens is 376 g/mol. The van der Waals surface area contributed by atoms with E-state index in [2.05, 4.69) is 10.6 Å². The Morgan fingerprint density at radius 3 is 1.23 bits per heavy atom. The van der Waals surface area contributed by atoms with E-state index in [0.29, 0.717) is 22.7 Å². The molecule has 6 N–H and O–H groups in total. The number of nitrogen functional groups attached to an aromatic ring is 2. The lowest BCUT2D eigenvalue weighted by Gasteiger charge is -2.14. The van der Waals surface area contributed by atoms with Crippen LogP contribution in [0.5, 0.6) is 0 Å². The molecule has 3 rings (SSSR count). The van der Waals surface area contributed by atoms with Crippen LogP contribution in [0.2, 0.25) is 0 Å². The average Bonchev–Trinajstić information content (AvgIpc) is 2.70. The number of nitrogens with one attached hydrogen (secondary N) is 2. The Morgan fingerprint density at radius 2 is 0.933 bits per heavy atom. The lowest BCUT2D eigenvalue weighted by molar-refractivity contribution is 0.0990. The number of hydrogen-bond acceptors (Lipinski definition) is 4. The van der Waals surface area contributed by atoms with E-state index in [9.17, 15) is 9.59 Å². The van der Waals surface area contributed by atoms with Gasteiger partial charge in [-0.15, -0.1) is 0 Å². The highest BCUT2D eigenvalue weighted by molar-refractivity contribution is 6.15. The van der Waals surface area contributed by atoms with E-state index in [1.807, 2.05) is 52.0 Å². The molecule has 0 aliphatic rings. The van der Waals surface area contributed by atoms with Crippen LogP contribution in [0.4, 0.5) is 22.7 Å². The molecule has 0 unspecified atom stereocenters. The Labute approximate surface area is 176 Å². The van der Waals surface area contributed by atoms with E-state index in [1.54, 1.807) is 24.3 Å². The minimum Gasteiger partial charge on any atom is -0.398 e. The van der Waals surface area contributed by atoms with Crippen molar-refractivity contribution in [2.45, 2.75) is 27.7 Å². The summed E-state index contributed by atoms with van der Waals surface area (Å²) < 4.78 is 0. The van der Waals surface area contributed by atoms with Crippen molar-refractivity contribution in [1.82, 2.24) is 0 Å². The zero-order valence-electron chi connectivity index (χ0n) is 17.6. The Hall–Kier alpha value is -3.80. The van der Waals surface area contributed by atoms with Crippen molar-refractivity contribution in [2.75, 3.05) is 22.1 Å². The normalized spacial score (nSPS) is 10.5. The summed E-state index contributed by atoms with van der Waals surface area (Å²) in [7, 11) is 0. The largest absolute Gasteiger partial charge is 0.398 e. The number of hydrogen-bond donors (Lipinski definition) is 4. The highest BCUT2D eigenvalue weighted by Gasteiger charge is 2.18. The standard InChI is InChI=1S/C24H26N4O2/c1-13-9-17(10-14(2)21(13)25)27-23(29)19-7-5-6-8-20(19)24(30)28-18-11-15(3)22(26)16(4)12-18/h5-12H,25-26H2,1-4H3,(H,27,29)(H,28,30). The smallest absolute Gasteiger partial charge is 0.256 e. The first-order chi connectivity index (χ1) is 14.2. The number of nitrogens with two attached hydrogens (primary N) is 2. The van der Waals surface area contributed by atoms with E-state index in [4.69, 9.17) is 11.5 Å². The van der Waals surface area contributed by atoms with Gasteiger partial charge in [-0.25, -0.2) is 0 Å². The molecule has 0 fully saturated rings. The van der Waals surface area contributed by atoms with Crippen LogP contribution >= 0.6 is 0 Å². The van der Waals surface area contributed by atoms with Gasteiger partial charge in [0.1, 0.15) is 0 Å². The monoisotopic (exact) mass is 402 g/mol. The number of carbonyl (C=O) groups is 2. The summed E-state index contributed by atoms with van der Waals surface area (Å²) >= 11 is 0. The Kier molecular flexibility index (Phi) is 5.78. The maximum atomic E-state index is 12.9. The fourth-order valence-electron chi connectivity index (χ4n) is 3.37. The minimum absolute atomic E-state index is 0.283. The summed E-state index contributed by atoms with van der Waals surface area (Å²) in [4.78, 5) is 25.8. The molecule has 0 spiro atoms. The van der Waals surface area contributed by atoms with Gasteiger partial charge in [-0.2, -0.15) is 0 Å². The molecule has 2 amide bonds. The van der Waals surface area contributed by atoms with Gasteiger partial charge < -0.3 is 22.1 Å². The van der Waals surface area contributed by atoms with Gasteiger partial charge in [0.25, 0.3) is 11.8 Å². The molecular formula is C24H26N4O2. The molecule has 0 aliphatic carbocycles. The van der Waals surface area contributed by atoms with Gasteiger partial charge in [-0.05, 0) is 86.3 Å². The molecule has 0 aromatic heterocycles. The van der Waals surface area contributed by atoms with Gasteiger partial charge in [0.2, 0.25) is 0 Å². The fourth-order valence-corrected chi connectivity index (χ4v) is 3.37. The number of benzene rings is 3. The maximum absolute atomic E-state index is 12.9. The number of anilines is 4. The van der Waals surface area contributed by atoms with Crippen LogP contribution < -0.4 is 22.1 Å². The quantitative estimate of drug-likeness (QED) is 0.478. The van der Waals surface area contributed by atoms with Gasteiger partial charge in [0.05, 0.1) is 11.1 Å². The van der Waals surface area contributed by atoms with Crippen molar-refractivity contribution in [1.29, 1.82) is 0 Å². The van der Waals surface area contributed by atoms with Gasteiger partial charge in [0, 0.05) is 22.7 Å². The number of rotatable bonds is 4. The maximum Gasteiger partial charge on any atom is 0.256 e. The van der Waals surface area contributed by atoms with Crippen molar-refractivity contribution >= 4 is 34.6 Å². The van der Waals surface area contributed by atoms with Crippen molar-refractivity contribution in [2.24, 2.45) is 0 Å². The lowest BCUT2D eigenvalue weighted by Crippen LogP contribution is -2.20. The fraction of sp³-hybridized carbons (Fsp3) is 0.167. The van der Waals surface area contributed by atoms with Crippen LogP contribution in [-0.2, 0) is 0 Å². The molecule has 0 atom stereocenters. The predicted octanol–water partition coefficient (Wildman–Crippen LogP) is 4.59. The third-order valence-corrected chi connectivity index (χ3v) is 5.12.